The number of hydrogen-bond donors (Lipinski definition) is 2. The molecule has 1 aromatic carbocycles. The van der Waals surface area contributed by atoms with Crippen molar-refractivity contribution in [2.75, 3.05) is 6.26 Å². The van der Waals surface area contributed by atoms with E-state index in [1.165, 1.54) is 23.9 Å². The van der Waals surface area contributed by atoms with Crippen molar-refractivity contribution in [3.63, 3.8) is 0 Å². The molecule has 4 nitrogen and oxygen atoms in total. The Morgan fingerprint density at radius 1 is 1.20 bits per heavy atom. The number of carboxylic acid groups (broad SMARTS) is 2. The van der Waals surface area contributed by atoms with Gasteiger partial charge >= 0.3 is 11.9 Å². The molecule has 0 aromatic heterocycles. The summed E-state index contributed by atoms with van der Waals surface area (Å²) in [4.78, 5) is 22.1. The second-order valence-corrected chi connectivity index (χ2v) is 3.90. The Morgan fingerprint density at radius 2 is 1.60 bits per heavy atom. The summed E-state index contributed by atoms with van der Waals surface area (Å²) >= 11 is 6.91. The lowest BCUT2D eigenvalue weighted by atomic mass is 10.1. The van der Waals surface area contributed by atoms with Gasteiger partial charge in [0.05, 0.1) is 16.1 Å². The molecule has 0 fully saturated rings. The Hall–Kier alpha value is -1.20. The predicted octanol–water partition coefficient (Wildman–Crippen LogP) is 2.46. The fraction of sp³-hybridized carbons (Fsp3) is 0.111. The number of rotatable bonds is 3. The van der Waals surface area contributed by atoms with Crippen LogP contribution in [0.15, 0.2) is 17.0 Å². The smallest absolute Gasteiger partial charge is 0.337 e. The molecular formula is C9H7ClO4S. The minimum absolute atomic E-state index is 0.194. The molecule has 0 aliphatic carbocycles. The number of aromatic carboxylic acids is 2. The van der Waals surface area contributed by atoms with E-state index in [9.17, 15) is 9.59 Å². The van der Waals surface area contributed by atoms with Crippen LogP contribution in [-0.2, 0) is 0 Å². The second-order valence-electron chi connectivity index (χ2n) is 2.65. The van der Waals surface area contributed by atoms with Gasteiger partial charge in [0.15, 0.2) is 0 Å². The van der Waals surface area contributed by atoms with E-state index >= 15 is 0 Å². The molecule has 2 N–H and O–H groups in total. The maximum Gasteiger partial charge on any atom is 0.337 e. The first-order valence-electron chi connectivity index (χ1n) is 3.81. The number of carbonyl (C=O) groups is 2. The average Bonchev–Trinajstić information content (AvgIpc) is 2.17. The Morgan fingerprint density at radius 3 is 1.87 bits per heavy atom. The van der Waals surface area contributed by atoms with Gasteiger partial charge in [-0.05, 0) is 18.4 Å². The topological polar surface area (TPSA) is 74.6 Å². The molecule has 1 aromatic rings. The van der Waals surface area contributed by atoms with Crippen molar-refractivity contribution in [2.24, 2.45) is 0 Å². The summed E-state index contributed by atoms with van der Waals surface area (Å²) in [5, 5.41) is 17.4. The highest BCUT2D eigenvalue weighted by molar-refractivity contribution is 7.98. The molecule has 80 valence electrons. The fourth-order valence-electron chi connectivity index (χ4n) is 1.03. The van der Waals surface area contributed by atoms with E-state index in [4.69, 9.17) is 21.8 Å². The molecule has 0 aliphatic heterocycles. The highest BCUT2D eigenvalue weighted by Gasteiger charge is 2.18. The summed E-state index contributed by atoms with van der Waals surface area (Å²) in [7, 11) is 0. The van der Waals surface area contributed by atoms with Crippen molar-refractivity contribution in [1.82, 2.24) is 0 Å². The lowest BCUT2D eigenvalue weighted by molar-refractivity contribution is 0.0696. The number of hydrogen-bond acceptors (Lipinski definition) is 3. The molecule has 0 bridgehead atoms. The minimum Gasteiger partial charge on any atom is -0.478 e. The van der Waals surface area contributed by atoms with Gasteiger partial charge in [0.1, 0.15) is 0 Å². The number of halogens is 1. The van der Waals surface area contributed by atoms with E-state index in [1.807, 2.05) is 0 Å². The van der Waals surface area contributed by atoms with E-state index < -0.39 is 11.9 Å². The van der Waals surface area contributed by atoms with Crippen LogP contribution in [0.4, 0.5) is 0 Å². The first kappa shape index (κ1) is 11.9. The number of thioether (sulfide) groups is 1. The van der Waals surface area contributed by atoms with Crippen LogP contribution in [0, 0.1) is 0 Å². The van der Waals surface area contributed by atoms with Gasteiger partial charge < -0.3 is 10.2 Å². The molecule has 1 rings (SSSR count). The van der Waals surface area contributed by atoms with Crippen LogP contribution in [0.25, 0.3) is 0 Å². The molecular weight excluding hydrogens is 240 g/mol. The molecule has 6 heteroatoms. The van der Waals surface area contributed by atoms with Crippen LogP contribution in [0.1, 0.15) is 20.7 Å². The molecule has 0 spiro atoms. The maximum atomic E-state index is 10.8. The van der Waals surface area contributed by atoms with Crippen molar-refractivity contribution in [3.8, 4) is 0 Å². The van der Waals surface area contributed by atoms with Crippen LogP contribution in [0.5, 0.6) is 0 Å². The van der Waals surface area contributed by atoms with Gasteiger partial charge in [-0.3, -0.25) is 0 Å². The summed E-state index contributed by atoms with van der Waals surface area (Å²) in [5.74, 6) is -2.48. The quantitative estimate of drug-likeness (QED) is 0.802. The lowest BCUT2D eigenvalue weighted by Crippen LogP contribution is -2.05. The fourth-order valence-corrected chi connectivity index (χ4v) is 1.77. The first-order chi connectivity index (χ1) is 6.97. The van der Waals surface area contributed by atoms with Gasteiger partial charge in [-0.25, -0.2) is 9.59 Å². The Balaban J connectivity index is 3.47. The SMILES string of the molecule is CSc1cc(C(=O)O)c(Cl)c(C(=O)O)c1. The summed E-state index contributed by atoms with van der Waals surface area (Å²) in [6, 6.07) is 2.70. The Labute approximate surface area is 94.9 Å². The van der Waals surface area contributed by atoms with Crippen molar-refractivity contribution >= 4 is 35.3 Å². The third kappa shape index (κ3) is 2.43. The average molecular weight is 247 g/mol. The third-order valence-corrected chi connectivity index (χ3v) is 2.86. The van der Waals surface area contributed by atoms with Gasteiger partial charge in [-0.1, -0.05) is 11.6 Å². The van der Waals surface area contributed by atoms with E-state index in [1.54, 1.807) is 6.26 Å². The summed E-state index contributed by atoms with van der Waals surface area (Å²) in [6.45, 7) is 0. The highest BCUT2D eigenvalue weighted by Crippen LogP contribution is 2.27. The first-order valence-corrected chi connectivity index (χ1v) is 5.41. The normalized spacial score (nSPS) is 10.0. The molecule has 0 atom stereocenters. The summed E-state index contributed by atoms with van der Waals surface area (Å²) < 4.78 is 0. The lowest BCUT2D eigenvalue weighted by Gasteiger charge is -2.05. The van der Waals surface area contributed by atoms with Crippen LogP contribution in [0.2, 0.25) is 5.02 Å². The minimum atomic E-state index is -1.24. The molecule has 0 unspecified atom stereocenters. The molecule has 0 saturated heterocycles. The van der Waals surface area contributed by atoms with Crippen molar-refractivity contribution in [2.45, 2.75) is 4.90 Å². The van der Waals surface area contributed by atoms with Gasteiger partial charge in [0.2, 0.25) is 0 Å². The van der Waals surface area contributed by atoms with E-state index in [-0.39, 0.29) is 16.1 Å². The van der Waals surface area contributed by atoms with Gasteiger partial charge in [-0.2, -0.15) is 0 Å². The summed E-state index contributed by atoms with van der Waals surface area (Å²) in [6.07, 6.45) is 1.72. The molecule has 15 heavy (non-hydrogen) atoms. The van der Waals surface area contributed by atoms with Gasteiger partial charge in [0.25, 0.3) is 0 Å². The summed E-state index contributed by atoms with van der Waals surface area (Å²) in [5.41, 5.74) is -0.387. The van der Waals surface area contributed by atoms with Crippen LogP contribution in [-0.4, -0.2) is 28.4 Å². The number of benzene rings is 1. The van der Waals surface area contributed by atoms with Crippen LogP contribution >= 0.6 is 23.4 Å². The predicted molar refractivity (Wildman–Crippen MR) is 57.2 cm³/mol. The molecule has 0 heterocycles. The second kappa shape index (κ2) is 4.55. The van der Waals surface area contributed by atoms with E-state index in [0.717, 1.165) is 0 Å². The zero-order valence-corrected chi connectivity index (χ0v) is 9.22. The highest BCUT2D eigenvalue weighted by atomic mass is 35.5. The Bertz CT molecular complexity index is 395. The molecule has 0 saturated carbocycles. The molecule has 0 amide bonds. The Kier molecular flexibility index (Phi) is 3.60. The van der Waals surface area contributed by atoms with Crippen molar-refractivity contribution in [3.05, 3.63) is 28.3 Å². The monoisotopic (exact) mass is 246 g/mol. The van der Waals surface area contributed by atoms with Crippen LogP contribution in [0.3, 0.4) is 0 Å². The standard InChI is InChI=1S/C9H7ClO4S/c1-15-4-2-5(8(11)12)7(10)6(3-4)9(13)14/h2-3H,1H3,(H,11,12)(H,13,14). The van der Waals surface area contributed by atoms with Gasteiger partial charge in [0, 0.05) is 4.90 Å². The van der Waals surface area contributed by atoms with Crippen molar-refractivity contribution < 1.29 is 19.8 Å². The van der Waals surface area contributed by atoms with Crippen LogP contribution < -0.4 is 0 Å². The van der Waals surface area contributed by atoms with E-state index in [0.29, 0.717) is 4.90 Å². The maximum absolute atomic E-state index is 10.8. The number of carboxylic acids is 2. The van der Waals surface area contributed by atoms with E-state index in [2.05, 4.69) is 0 Å². The van der Waals surface area contributed by atoms with Crippen molar-refractivity contribution in [1.29, 1.82) is 0 Å². The zero-order chi connectivity index (χ0) is 11.6. The molecule has 0 aliphatic rings. The zero-order valence-electron chi connectivity index (χ0n) is 7.65. The largest absolute Gasteiger partial charge is 0.478 e. The van der Waals surface area contributed by atoms with Gasteiger partial charge in [-0.15, -0.1) is 11.8 Å². The molecule has 0 radical (unpaired) electrons. The third-order valence-electron chi connectivity index (χ3n) is 1.74.